The van der Waals surface area contributed by atoms with E-state index in [-0.39, 0.29) is 11.5 Å². The first kappa shape index (κ1) is 25.9. The number of benzene rings is 1. The molecule has 0 amide bonds. The molecule has 0 fully saturated rings. The van der Waals surface area contributed by atoms with E-state index >= 15 is 0 Å². The molecule has 0 aromatic heterocycles. The van der Waals surface area contributed by atoms with Crippen LogP contribution in [-0.4, -0.2) is 10.2 Å². The molecule has 1 rings (SSSR count). The smallest absolute Gasteiger partial charge is 0.119 e. The Morgan fingerprint density at radius 1 is 0.448 bits per heavy atom. The van der Waals surface area contributed by atoms with E-state index in [2.05, 4.69) is 6.92 Å². The van der Waals surface area contributed by atoms with E-state index in [0.717, 1.165) is 18.4 Å². The van der Waals surface area contributed by atoms with Crippen LogP contribution in [0.1, 0.15) is 134 Å². The van der Waals surface area contributed by atoms with Crippen molar-refractivity contribution in [1.29, 1.82) is 0 Å². The van der Waals surface area contributed by atoms with E-state index in [4.69, 9.17) is 0 Å². The highest BCUT2D eigenvalue weighted by Crippen LogP contribution is 2.22. The molecule has 0 bridgehead atoms. The van der Waals surface area contributed by atoms with Gasteiger partial charge in [0.25, 0.3) is 0 Å². The third-order valence-corrected chi connectivity index (χ3v) is 6.03. The van der Waals surface area contributed by atoms with Crippen molar-refractivity contribution >= 4 is 0 Å². The fraction of sp³-hybridized carbons (Fsp3) is 0.778. The van der Waals surface area contributed by atoms with Gasteiger partial charge in [0.1, 0.15) is 11.5 Å². The summed E-state index contributed by atoms with van der Waals surface area (Å²) < 4.78 is 0. The van der Waals surface area contributed by atoms with Gasteiger partial charge >= 0.3 is 0 Å². The van der Waals surface area contributed by atoms with Gasteiger partial charge in [0.2, 0.25) is 0 Å². The number of aryl methyl sites for hydroxylation is 1. The zero-order chi connectivity index (χ0) is 21.0. The Morgan fingerprint density at radius 2 is 0.759 bits per heavy atom. The van der Waals surface area contributed by atoms with E-state index < -0.39 is 0 Å². The van der Waals surface area contributed by atoms with E-state index in [9.17, 15) is 10.2 Å². The molecular formula is C27H48O2. The average molecular weight is 405 g/mol. The Morgan fingerprint density at radius 3 is 1.10 bits per heavy atom. The van der Waals surface area contributed by atoms with Crippen molar-refractivity contribution < 1.29 is 10.2 Å². The molecule has 168 valence electrons. The van der Waals surface area contributed by atoms with Crippen LogP contribution in [0, 0.1) is 0 Å². The fourth-order valence-corrected chi connectivity index (χ4v) is 4.21. The van der Waals surface area contributed by atoms with Gasteiger partial charge in [0.05, 0.1) is 0 Å². The number of aromatic hydroxyl groups is 2. The lowest BCUT2D eigenvalue weighted by molar-refractivity contribution is 0.449. The number of unbranched alkanes of at least 4 members (excludes halogenated alkanes) is 18. The van der Waals surface area contributed by atoms with Crippen molar-refractivity contribution in [2.75, 3.05) is 0 Å². The molecule has 0 aliphatic rings. The fourth-order valence-electron chi connectivity index (χ4n) is 4.21. The molecule has 0 radical (unpaired) electrons. The number of hydrogen-bond donors (Lipinski definition) is 2. The third-order valence-electron chi connectivity index (χ3n) is 6.03. The highest BCUT2D eigenvalue weighted by Gasteiger charge is 2.00. The summed E-state index contributed by atoms with van der Waals surface area (Å²) >= 11 is 0. The number of rotatable bonds is 20. The molecule has 1 aromatic rings. The van der Waals surface area contributed by atoms with Crippen molar-refractivity contribution in [3.05, 3.63) is 23.8 Å². The highest BCUT2D eigenvalue weighted by atomic mass is 16.3. The lowest BCUT2D eigenvalue weighted by Gasteiger charge is -2.05. The molecule has 0 heterocycles. The molecule has 0 unspecified atom stereocenters. The largest absolute Gasteiger partial charge is 0.508 e. The van der Waals surface area contributed by atoms with E-state index in [1.165, 1.54) is 122 Å². The van der Waals surface area contributed by atoms with Gasteiger partial charge < -0.3 is 10.2 Å². The topological polar surface area (TPSA) is 40.5 Å². The van der Waals surface area contributed by atoms with Crippen LogP contribution in [0.5, 0.6) is 11.5 Å². The number of phenolic OH excluding ortho intramolecular Hbond substituents is 2. The number of phenols is 2. The molecule has 2 nitrogen and oxygen atoms in total. The zero-order valence-electron chi connectivity index (χ0n) is 19.3. The summed E-state index contributed by atoms with van der Waals surface area (Å²) in [6.07, 6.45) is 27.5. The van der Waals surface area contributed by atoms with E-state index in [1.54, 1.807) is 12.1 Å². The molecule has 0 aliphatic carbocycles. The van der Waals surface area contributed by atoms with Gasteiger partial charge in [-0.1, -0.05) is 122 Å². The van der Waals surface area contributed by atoms with Crippen LogP contribution in [0.4, 0.5) is 0 Å². The summed E-state index contributed by atoms with van der Waals surface area (Å²) in [4.78, 5) is 0. The van der Waals surface area contributed by atoms with Crippen LogP contribution in [0.15, 0.2) is 18.2 Å². The predicted octanol–water partition coefficient (Wildman–Crippen LogP) is 9.07. The van der Waals surface area contributed by atoms with Gasteiger partial charge in [-0.3, -0.25) is 0 Å². The highest BCUT2D eigenvalue weighted by molar-refractivity contribution is 5.36. The van der Waals surface area contributed by atoms with Crippen molar-refractivity contribution in [3.8, 4) is 11.5 Å². The summed E-state index contributed by atoms with van der Waals surface area (Å²) in [6.45, 7) is 2.29. The van der Waals surface area contributed by atoms with Crippen LogP contribution in [0.2, 0.25) is 0 Å². The lowest BCUT2D eigenvalue weighted by atomic mass is 10.0. The minimum atomic E-state index is 0.165. The van der Waals surface area contributed by atoms with Crippen LogP contribution in [-0.2, 0) is 6.42 Å². The molecule has 0 saturated carbocycles. The summed E-state index contributed by atoms with van der Waals surface area (Å²) in [5.41, 5.74) is 1.04. The second kappa shape index (κ2) is 18.8. The normalized spacial score (nSPS) is 11.2. The monoisotopic (exact) mass is 404 g/mol. The minimum absolute atomic E-state index is 0.165. The maximum atomic E-state index is 9.49. The average Bonchev–Trinajstić information content (AvgIpc) is 2.69. The van der Waals surface area contributed by atoms with Gasteiger partial charge in [-0.05, 0) is 30.5 Å². The maximum Gasteiger partial charge on any atom is 0.119 e. The van der Waals surface area contributed by atoms with Gasteiger partial charge in [-0.15, -0.1) is 0 Å². The van der Waals surface area contributed by atoms with Crippen molar-refractivity contribution in [2.24, 2.45) is 0 Å². The van der Waals surface area contributed by atoms with Gasteiger partial charge in [0, 0.05) is 6.07 Å². The Balaban J connectivity index is 1.75. The second-order valence-electron chi connectivity index (χ2n) is 8.97. The van der Waals surface area contributed by atoms with E-state index in [0.29, 0.717) is 0 Å². The molecule has 29 heavy (non-hydrogen) atoms. The second-order valence-corrected chi connectivity index (χ2v) is 8.97. The predicted molar refractivity (Wildman–Crippen MR) is 127 cm³/mol. The molecular weight excluding hydrogens is 356 g/mol. The first-order chi connectivity index (χ1) is 14.2. The summed E-state index contributed by atoms with van der Waals surface area (Å²) in [5.74, 6) is 0.329. The maximum absolute atomic E-state index is 9.49. The number of hydrogen-bond acceptors (Lipinski definition) is 2. The molecule has 2 heteroatoms. The molecule has 0 atom stereocenters. The Bertz CT molecular complexity index is 463. The Labute approximate surface area is 181 Å². The summed E-state index contributed by atoms with van der Waals surface area (Å²) in [5, 5.41) is 19.0. The Kier molecular flexibility index (Phi) is 16.8. The van der Waals surface area contributed by atoms with Gasteiger partial charge in [-0.25, -0.2) is 0 Å². The SMILES string of the molecule is CCCCCCCCCCCCCCCCCCCCCc1cc(O)cc(O)c1. The van der Waals surface area contributed by atoms with Crippen LogP contribution in [0.25, 0.3) is 0 Å². The first-order valence-electron chi connectivity index (χ1n) is 12.7. The molecule has 0 spiro atoms. The zero-order valence-corrected chi connectivity index (χ0v) is 19.3. The van der Waals surface area contributed by atoms with Gasteiger partial charge in [-0.2, -0.15) is 0 Å². The lowest BCUT2D eigenvalue weighted by Crippen LogP contribution is -1.87. The van der Waals surface area contributed by atoms with Crippen molar-refractivity contribution in [1.82, 2.24) is 0 Å². The van der Waals surface area contributed by atoms with Crippen LogP contribution < -0.4 is 0 Å². The molecule has 2 N–H and O–H groups in total. The molecule has 0 saturated heterocycles. The standard InChI is InChI=1S/C27H48O2/c1-2-3-4-5-6-7-8-9-10-11-12-13-14-15-16-17-18-19-20-21-25-22-26(28)24-27(29)23-25/h22-24,28-29H,2-21H2,1H3. The molecule has 1 aromatic carbocycles. The third kappa shape index (κ3) is 16.3. The van der Waals surface area contributed by atoms with Gasteiger partial charge in [0.15, 0.2) is 0 Å². The van der Waals surface area contributed by atoms with Crippen LogP contribution in [0.3, 0.4) is 0 Å². The summed E-state index contributed by atoms with van der Waals surface area (Å²) in [7, 11) is 0. The van der Waals surface area contributed by atoms with Crippen molar-refractivity contribution in [2.45, 2.75) is 135 Å². The quantitative estimate of drug-likeness (QED) is 0.213. The minimum Gasteiger partial charge on any atom is -0.508 e. The summed E-state index contributed by atoms with van der Waals surface area (Å²) in [6, 6.07) is 4.91. The van der Waals surface area contributed by atoms with E-state index in [1.807, 2.05) is 0 Å². The van der Waals surface area contributed by atoms with Crippen molar-refractivity contribution in [3.63, 3.8) is 0 Å². The molecule has 0 aliphatic heterocycles. The van der Waals surface area contributed by atoms with Crippen LogP contribution >= 0.6 is 0 Å². The first-order valence-corrected chi connectivity index (χ1v) is 12.7. The Hall–Kier alpha value is -1.18.